The highest BCUT2D eigenvalue weighted by Crippen LogP contribution is 2.51. The summed E-state index contributed by atoms with van der Waals surface area (Å²) in [5.41, 5.74) is 1.05. The van der Waals surface area contributed by atoms with Crippen LogP contribution in [0.1, 0.15) is 40.4 Å². The molecule has 178 valence electrons. The smallest absolute Gasteiger partial charge is 0.355 e. The van der Waals surface area contributed by atoms with E-state index in [0.717, 1.165) is 10.4 Å². The zero-order chi connectivity index (χ0) is 24.3. The lowest BCUT2D eigenvalue weighted by atomic mass is 9.77. The Kier molecular flexibility index (Phi) is 5.95. The van der Waals surface area contributed by atoms with Crippen molar-refractivity contribution in [1.29, 1.82) is 0 Å². The van der Waals surface area contributed by atoms with Crippen LogP contribution in [0.2, 0.25) is 18.1 Å². The van der Waals surface area contributed by atoms with Crippen LogP contribution >= 0.6 is 11.3 Å². The number of aromatic nitrogens is 2. The fourth-order valence-corrected chi connectivity index (χ4v) is 6.82. The van der Waals surface area contributed by atoms with Crippen molar-refractivity contribution in [3.8, 4) is 0 Å². The van der Waals surface area contributed by atoms with Gasteiger partial charge in [0.15, 0.2) is 8.32 Å². The minimum Gasteiger partial charge on any atom is -0.457 e. The highest BCUT2D eigenvalue weighted by molar-refractivity contribution is 7.15. The molecule has 0 N–H and O–H groups in total. The molecule has 2 aromatic rings. The van der Waals surface area contributed by atoms with Crippen LogP contribution < -0.4 is 0 Å². The number of rotatable bonds is 7. The molecule has 2 aliphatic rings. The monoisotopic (exact) mass is 487 g/mol. The van der Waals surface area contributed by atoms with Crippen molar-refractivity contribution in [3.63, 3.8) is 0 Å². The van der Waals surface area contributed by atoms with E-state index in [1.807, 2.05) is 22.9 Å². The van der Waals surface area contributed by atoms with Gasteiger partial charge in [-0.25, -0.2) is 9.78 Å². The number of amides is 1. The van der Waals surface area contributed by atoms with E-state index in [1.165, 1.54) is 6.08 Å². The molecular formula is C24H33N3O4SSi. The molecule has 7 nitrogen and oxygen atoms in total. The number of nitrogens with zero attached hydrogens (tertiary/aromatic N) is 3. The second-order valence-electron chi connectivity index (χ2n) is 10.4. The standard InChI is InChI=1S/C24H33N3O4SSi/c1-9-11-30-23(29)20-17(21-25-13-16-26(21)10-12-32-16)14(2)19-18(22(28)27(19)20)15(3)31-33(7,8)24(4,5)6/h9-10,12-15,18-19H,1,11H2,2-8H3/t14-,15+,18+,19+/m0/s1. The van der Waals surface area contributed by atoms with Gasteiger partial charge in [0.2, 0.25) is 5.91 Å². The van der Waals surface area contributed by atoms with Crippen LogP contribution in [0.4, 0.5) is 0 Å². The van der Waals surface area contributed by atoms with Crippen LogP contribution in [0.3, 0.4) is 0 Å². The Labute approximate surface area is 200 Å². The summed E-state index contributed by atoms with van der Waals surface area (Å²) in [4.78, 5) is 33.8. The molecule has 2 aliphatic heterocycles. The lowest BCUT2D eigenvalue weighted by Crippen LogP contribution is -2.65. The van der Waals surface area contributed by atoms with Gasteiger partial charge in [-0.1, -0.05) is 40.3 Å². The molecule has 1 amide bonds. The summed E-state index contributed by atoms with van der Waals surface area (Å²) in [5.74, 6) is -0.322. The molecule has 2 aromatic heterocycles. The number of imidazole rings is 1. The molecule has 4 rings (SSSR count). The Morgan fingerprint density at radius 2 is 2.09 bits per heavy atom. The second-order valence-corrected chi connectivity index (χ2v) is 16.1. The van der Waals surface area contributed by atoms with Crippen molar-refractivity contribution >= 4 is 41.9 Å². The van der Waals surface area contributed by atoms with E-state index in [2.05, 4.69) is 52.4 Å². The van der Waals surface area contributed by atoms with Crippen molar-refractivity contribution in [2.45, 2.75) is 64.9 Å². The number of carbonyl (C=O) groups excluding carboxylic acids is 2. The summed E-state index contributed by atoms with van der Waals surface area (Å²) in [6.45, 7) is 18.7. The summed E-state index contributed by atoms with van der Waals surface area (Å²) in [5, 5.41) is 2.02. The first-order valence-electron chi connectivity index (χ1n) is 11.3. The number of fused-ring (bicyclic) bond motifs is 2. The Bertz CT molecular complexity index is 1140. The maximum Gasteiger partial charge on any atom is 0.355 e. The number of β-lactam (4-membered cyclic amide) rings is 1. The zero-order valence-corrected chi connectivity index (χ0v) is 22.2. The molecule has 0 bridgehead atoms. The fourth-order valence-electron chi connectivity index (χ4n) is 4.69. The lowest BCUT2D eigenvalue weighted by molar-refractivity contribution is -0.163. The number of hydrogen-bond donors (Lipinski definition) is 0. The van der Waals surface area contributed by atoms with Crippen molar-refractivity contribution in [2.24, 2.45) is 11.8 Å². The molecular weight excluding hydrogens is 454 g/mol. The van der Waals surface area contributed by atoms with Crippen LogP contribution in [0.25, 0.3) is 10.4 Å². The number of thiazole rings is 1. The molecule has 0 saturated carbocycles. The van der Waals surface area contributed by atoms with Gasteiger partial charge < -0.3 is 14.1 Å². The van der Waals surface area contributed by atoms with Crippen molar-refractivity contribution in [3.05, 3.63) is 42.0 Å². The number of hydrogen-bond acceptors (Lipinski definition) is 6. The van der Waals surface area contributed by atoms with Crippen molar-refractivity contribution in [2.75, 3.05) is 6.61 Å². The van der Waals surface area contributed by atoms with E-state index >= 15 is 0 Å². The minimum atomic E-state index is -2.06. The second kappa shape index (κ2) is 8.21. The Morgan fingerprint density at radius 1 is 1.39 bits per heavy atom. The molecule has 0 aromatic carbocycles. The van der Waals surface area contributed by atoms with Gasteiger partial charge in [0.25, 0.3) is 0 Å². The number of esters is 1. The van der Waals surface area contributed by atoms with Gasteiger partial charge in [-0.2, -0.15) is 0 Å². The topological polar surface area (TPSA) is 73.1 Å². The third-order valence-electron chi connectivity index (χ3n) is 7.37. The third kappa shape index (κ3) is 3.70. The third-order valence-corrected chi connectivity index (χ3v) is 12.7. The van der Waals surface area contributed by atoms with E-state index in [1.54, 1.807) is 22.4 Å². The largest absolute Gasteiger partial charge is 0.457 e. The summed E-state index contributed by atoms with van der Waals surface area (Å²) in [7, 11) is -2.06. The molecule has 0 spiro atoms. The van der Waals surface area contributed by atoms with Gasteiger partial charge in [0, 0.05) is 23.1 Å². The maximum absolute atomic E-state index is 13.5. The first-order valence-corrected chi connectivity index (χ1v) is 15.1. The highest BCUT2D eigenvalue weighted by atomic mass is 32.1. The fraction of sp³-hybridized carbons (Fsp3) is 0.542. The highest BCUT2D eigenvalue weighted by Gasteiger charge is 2.61. The van der Waals surface area contributed by atoms with Crippen LogP contribution in [0, 0.1) is 11.8 Å². The maximum atomic E-state index is 13.5. The summed E-state index contributed by atoms with van der Waals surface area (Å²) < 4.78 is 14.0. The Balaban J connectivity index is 1.71. The van der Waals surface area contributed by atoms with Gasteiger partial charge in [-0.05, 0) is 25.1 Å². The molecule has 4 atom stereocenters. The van der Waals surface area contributed by atoms with E-state index in [4.69, 9.17) is 9.16 Å². The number of ether oxygens (including phenoxy) is 1. The van der Waals surface area contributed by atoms with E-state index in [9.17, 15) is 9.59 Å². The Morgan fingerprint density at radius 3 is 2.73 bits per heavy atom. The molecule has 1 fully saturated rings. The number of carbonyl (C=O) groups is 2. The average molecular weight is 488 g/mol. The quantitative estimate of drug-likeness (QED) is 0.244. The molecule has 0 aliphatic carbocycles. The van der Waals surface area contributed by atoms with Gasteiger partial charge in [-0.15, -0.1) is 11.3 Å². The Hall–Kier alpha value is -2.23. The lowest BCUT2D eigenvalue weighted by Gasteiger charge is -2.50. The summed E-state index contributed by atoms with van der Waals surface area (Å²) in [6, 6.07) is -0.162. The van der Waals surface area contributed by atoms with Crippen LogP contribution in [0.15, 0.2) is 36.1 Å². The normalized spacial score (nSPS) is 24.2. The molecule has 0 radical (unpaired) electrons. The zero-order valence-electron chi connectivity index (χ0n) is 20.4. The molecule has 4 heterocycles. The van der Waals surface area contributed by atoms with Gasteiger partial charge in [-0.3, -0.25) is 9.20 Å². The predicted octanol–water partition coefficient (Wildman–Crippen LogP) is 4.72. The van der Waals surface area contributed by atoms with Crippen molar-refractivity contribution in [1.82, 2.24) is 14.3 Å². The SMILES string of the molecule is C=CCOC(=O)C1=C(c2ncc3sccn23)[C@H](C)[C@@H]2[C@@H]([C@@H](C)O[Si](C)(C)C(C)(C)C)C(=O)N12. The average Bonchev–Trinajstić information content (AvgIpc) is 3.37. The summed E-state index contributed by atoms with van der Waals surface area (Å²) >= 11 is 1.58. The van der Waals surface area contributed by atoms with Gasteiger partial charge in [0.1, 0.15) is 23.0 Å². The van der Waals surface area contributed by atoms with Crippen LogP contribution in [-0.2, 0) is 18.8 Å². The van der Waals surface area contributed by atoms with Crippen LogP contribution in [0.5, 0.6) is 0 Å². The first-order chi connectivity index (χ1) is 15.4. The van der Waals surface area contributed by atoms with Crippen LogP contribution in [-0.4, -0.2) is 53.2 Å². The molecule has 0 unspecified atom stereocenters. The van der Waals surface area contributed by atoms with E-state index in [-0.39, 0.29) is 41.5 Å². The van der Waals surface area contributed by atoms with Gasteiger partial charge >= 0.3 is 5.97 Å². The molecule has 1 saturated heterocycles. The van der Waals surface area contributed by atoms with Gasteiger partial charge in [0.05, 0.1) is 24.3 Å². The van der Waals surface area contributed by atoms with E-state index < -0.39 is 14.3 Å². The molecule has 9 heteroatoms. The predicted molar refractivity (Wildman–Crippen MR) is 132 cm³/mol. The molecule has 33 heavy (non-hydrogen) atoms. The van der Waals surface area contributed by atoms with Crippen molar-refractivity contribution < 1.29 is 18.8 Å². The first kappa shape index (κ1) is 23.9. The van der Waals surface area contributed by atoms with E-state index in [0.29, 0.717) is 11.5 Å². The summed E-state index contributed by atoms with van der Waals surface area (Å²) in [6.07, 6.45) is 5.02. The minimum absolute atomic E-state index is 0.0402.